The fraction of sp³-hybridized carbons (Fsp3) is 0.314. The molecule has 3 aromatic rings. The Morgan fingerprint density at radius 2 is 1.81 bits per heavy atom. The van der Waals surface area contributed by atoms with Gasteiger partial charge in [0, 0.05) is 35.7 Å². The van der Waals surface area contributed by atoms with E-state index in [-0.39, 0.29) is 30.5 Å². The van der Waals surface area contributed by atoms with Crippen molar-refractivity contribution in [3.63, 3.8) is 0 Å². The highest BCUT2D eigenvalue weighted by Gasteiger charge is 2.27. The van der Waals surface area contributed by atoms with Crippen molar-refractivity contribution in [1.82, 2.24) is 20.5 Å². The van der Waals surface area contributed by atoms with Gasteiger partial charge in [0.15, 0.2) is 6.10 Å². The number of carboxylic acids is 1. The molecule has 1 aromatic heterocycles. The highest BCUT2D eigenvalue weighted by molar-refractivity contribution is 6.35. The lowest BCUT2D eigenvalue weighted by atomic mass is 10.0. The summed E-state index contributed by atoms with van der Waals surface area (Å²) in [5.74, 6) is -3.73. The fourth-order valence-electron chi connectivity index (χ4n) is 5.62. The van der Waals surface area contributed by atoms with Gasteiger partial charge in [0.25, 0.3) is 24.2 Å². The zero-order chi connectivity index (χ0) is 37.9. The first kappa shape index (κ1) is 38.9. The lowest BCUT2D eigenvalue weighted by Crippen LogP contribution is -2.34. The Hall–Kier alpha value is -5.91. The number of ether oxygens (including phenoxy) is 1. The molecule has 0 aliphatic carbocycles. The summed E-state index contributed by atoms with van der Waals surface area (Å²) in [7, 11) is 0. The van der Waals surface area contributed by atoms with Crippen LogP contribution in [0, 0.1) is 19.7 Å². The number of likely N-dealkylation sites (tertiary alicyclic amines) is 1. The quantitative estimate of drug-likeness (QED) is 0.0995. The third-order valence-corrected chi connectivity index (χ3v) is 8.26. The van der Waals surface area contributed by atoms with Crippen LogP contribution in [0.25, 0.3) is 11.6 Å². The molecule has 1 saturated heterocycles. The van der Waals surface area contributed by atoms with Crippen LogP contribution in [0.4, 0.5) is 20.6 Å². The maximum atomic E-state index is 14.2. The van der Waals surface area contributed by atoms with Gasteiger partial charge in [0.2, 0.25) is 0 Å². The van der Waals surface area contributed by atoms with Crippen LogP contribution in [0.1, 0.15) is 61.6 Å². The largest absolute Gasteiger partial charge is 0.479 e. The average Bonchev–Trinajstić information content (AvgIpc) is 3.80. The average molecular weight is 723 g/mol. The standard InChI is InChI=1S/C31H33FN6O5.C4H6O5/c1-17-25(34-18(2)27(17)30(42)33-9-12-38-10-3-4-11-38)15-23-21-8-6-20(14-26(21)36-29(23)41)35-31(43)37-28(40)22-7-5-19(16-39)13-24(22)32;5-2-9-1-3(6)4(7)8/h5-8,13-15,34,39H,3-4,9-12,16H2,1-2H3,(H,33,42)(H,36,41)(H2,35,37,40,43);2-3,6H,1H2,(H,7,8)/b23-15-;/t;3-/m.1/s1. The molecule has 2 aliphatic heterocycles. The number of aryl methyl sites for hydroxylation is 1. The maximum Gasteiger partial charge on any atom is 0.336 e. The number of nitrogens with zero attached hydrogens (tertiary/aromatic N) is 1. The second-order valence-corrected chi connectivity index (χ2v) is 11.9. The van der Waals surface area contributed by atoms with Crippen LogP contribution in [0.5, 0.6) is 0 Å². The number of rotatable bonds is 12. The number of nitrogens with one attached hydrogen (secondary N) is 5. The number of hydrogen-bond donors (Lipinski definition) is 8. The molecule has 1 fully saturated rings. The predicted octanol–water partition coefficient (Wildman–Crippen LogP) is 2.15. The van der Waals surface area contributed by atoms with Crippen molar-refractivity contribution >= 4 is 59.2 Å². The van der Waals surface area contributed by atoms with E-state index < -0.39 is 36.4 Å². The monoisotopic (exact) mass is 722 g/mol. The highest BCUT2D eigenvalue weighted by atomic mass is 19.1. The van der Waals surface area contributed by atoms with Crippen molar-refractivity contribution in [2.45, 2.75) is 39.4 Å². The molecule has 17 heteroatoms. The van der Waals surface area contributed by atoms with Crippen LogP contribution >= 0.6 is 0 Å². The van der Waals surface area contributed by atoms with Gasteiger partial charge in [-0.05, 0) is 81.2 Å². The molecule has 0 radical (unpaired) electrons. The molecule has 0 saturated carbocycles. The Morgan fingerprint density at radius 1 is 1.08 bits per heavy atom. The molecule has 276 valence electrons. The molecule has 0 bridgehead atoms. The number of H-pyrrole nitrogens is 1. The van der Waals surface area contributed by atoms with E-state index in [1.165, 1.54) is 25.0 Å². The van der Waals surface area contributed by atoms with E-state index in [0.717, 1.165) is 31.3 Å². The molecular formula is C35H39FN6O10. The molecule has 16 nitrogen and oxygen atoms in total. The number of aliphatic hydroxyl groups is 2. The molecule has 2 aromatic carbocycles. The highest BCUT2D eigenvalue weighted by Crippen LogP contribution is 2.36. The van der Waals surface area contributed by atoms with Gasteiger partial charge in [0.1, 0.15) is 12.4 Å². The number of amides is 5. The van der Waals surface area contributed by atoms with Gasteiger partial charge in [-0.3, -0.25) is 24.5 Å². The molecular weight excluding hydrogens is 683 g/mol. The van der Waals surface area contributed by atoms with E-state index in [2.05, 4.69) is 35.9 Å². The lowest BCUT2D eigenvalue weighted by molar-refractivity contribution is -0.151. The van der Waals surface area contributed by atoms with Crippen molar-refractivity contribution in [1.29, 1.82) is 0 Å². The van der Waals surface area contributed by atoms with Crippen LogP contribution in [-0.2, 0) is 25.7 Å². The van der Waals surface area contributed by atoms with Gasteiger partial charge in [-0.25, -0.2) is 14.0 Å². The van der Waals surface area contributed by atoms with E-state index in [4.69, 9.17) is 15.3 Å². The number of imide groups is 1. The zero-order valence-corrected chi connectivity index (χ0v) is 28.4. The molecule has 1 atom stereocenters. The summed E-state index contributed by atoms with van der Waals surface area (Å²) in [4.78, 5) is 75.3. The van der Waals surface area contributed by atoms with Gasteiger partial charge >= 0.3 is 12.0 Å². The van der Waals surface area contributed by atoms with Crippen LogP contribution < -0.4 is 21.3 Å². The lowest BCUT2D eigenvalue weighted by Gasteiger charge is -2.14. The first-order chi connectivity index (χ1) is 24.8. The molecule has 3 heterocycles. The van der Waals surface area contributed by atoms with Crippen LogP contribution in [0.2, 0.25) is 0 Å². The number of urea groups is 1. The number of carboxylic acid groups (broad SMARTS) is 1. The number of halogens is 1. The minimum absolute atomic E-state index is 0.0756. The van der Waals surface area contributed by atoms with Crippen molar-refractivity contribution in [2.75, 3.05) is 43.4 Å². The number of aliphatic carboxylic acids is 1. The molecule has 0 spiro atoms. The number of aromatic amines is 1. The van der Waals surface area contributed by atoms with Crippen molar-refractivity contribution in [2.24, 2.45) is 0 Å². The second-order valence-electron chi connectivity index (χ2n) is 11.9. The number of benzene rings is 2. The Balaban J connectivity index is 0.000000595. The predicted molar refractivity (Wildman–Crippen MR) is 186 cm³/mol. The summed E-state index contributed by atoms with van der Waals surface area (Å²) < 4.78 is 18.1. The number of aromatic nitrogens is 1. The SMILES string of the molecule is Cc1[nH]c(/C=C2\C(=O)Nc3cc(NC(=O)NC(=O)c4ccc(CO)cc4F)ccc32)c(C)c1C(=O)NCCN1CCCC1.O=COC[C@@H](O)C(=O)O. The number of aliphatic hydroxyl groups excluding tert-OH is 2. The minimum Gasteiger partial charge on any atom is -0.479 e. The maximum absolute atomic E-state index is 14.2. The summed E-state index contributed by atoms with van der Waals surface area (Å²) in [6, 6.07) is 7.46. The third-order valence-electron chi connectivity index (χ3n) is 8.26. The Bertz CT molecular complexity index is 1890. The number of anilines is 2. The summed E-state index contributed by atoms with van der Waals surface area (Å²) in [6.45, 7) is 6.34. The van der Waals surface area contributed by atoms with Crippen LogP contribution in [0.15, 0.2) is 36.4 Å². The number of hydrogen-bond acceptors (Lipinski definition) is 10. The molecule has 5 rings (SSSR count). The summed E-state index contributed by atoms with van der Waals surface area (Å²) >= 11 is 0. The molecule has 0 unspecified atom stereocenters. The van der Waals surface area contributed by atoms with Gasteiger partial charge in [-0.1, -0.05) is 12.1 Å². The molecule has 2 aliphatic rings. The van der Waals surface area contributed by atoms with Crippen LogP contribution in [0.3, 0.4) is 0 Å². The number of fused-ring (bicyclic) bond motifs is 1. The van der Waals surface area contributed by atoms with Crippen molar-refractivity contribution < 1.29 is 53.2 Å². The van der Waals surface area contributed by atoms with Crippen molar-refractivity contribution in [3.8, 4) is 0 Å². The Kier molecular flexibility index (Phi) is 13.3. The number of carbonyl (C=O) groups excluding carboxylic acids is 5. The minimum atomic E-state index is -1.62. The second kappa shape index (κ2) is 17.8. The summed E-state index contributed by atoms with van der Waals surface area (Å²) in [5.41, 5.74) is 4.29. The first-order valence-corrected chi connectivity index (χ1v) is 16.2. The van der Waals surface area contributed by atoms with E-state index in [1.54, 1.807) is 24.3 Å². The van der Waals surface area contributed by atoms with Gasteiger partial charge in [-0.2, -0.15) is 0 Å². The zero-order valence-electron chi connectivity index (χ0n) is 28.4. The fourth-order valence-corrected chi connectivity index (χ4v) is 5.62. The van der Waals surface area contributed by atoms with Gasteiger partial charge in [-0.15, -0.1) is 0 Å². The summed E-state index contributed by atoms with van der Waals surface area (Å²) in [5, 5.41) is 35.8. The normalized spacial score (nSPS) is 14.8. The topological polar surface area (TPSA) is 239 Å². The van der Waals surface area contributed by atoms with E-state index >= 15 is 0 Å². The Labute approximate surface area is 297 Å². The first-order valence-electron chi connectivity index (χ1n) is 16.2. The Morgan fingerprint density at radius 3 is 2.46 bits per heavy atom. The van der Waals surface area contributed by atoms with E-state index in [0.29, 0.717) is 51.6 Å². The van der Waals surface area contributed by atoms with E-state index in [9.17, 15) is 33.2 Å². The van der Waals surface area contributed by atoms with Crippen LogP contribution in [-0.4, -0.2) is 100 Å². The summed E-state index contributed by atoms with van der Waals surface area (Å²) in [6.07, 6.45) is 2.46. The van der Waals surface area contributed by atoms with E-state index in [1.807, 2.05) is 13.8 Å². The number of carbonyl (C=O) groups is 6. The van der Waals surface area contributed by atoms with Gasteiger partial charge in [0.05, 0.1) is 29.0 Å². The van der Waals surface area contributed by atoms with Crippen molar-refractivity contribution in [3.05, 3.63) is 81.4 Å². The van der Waals surface area contributed by atoms with Gasteiger partial charge < -0.3 is 45.9 Å². The molecule has 8 N–H and O–H groups in total. The molecule has 5 amide bonds. The smallest absolute Gasteiger partial charge is 0.336 e. The third kappa shape index (κ3) is 9.87. The molecule has 52 heavy (non-hydrogen) atoms.